The molecule has 0 spiro atoms. The summed E-state index contributed by atoms with van der Waals surface area (Å²) in [4.78, 5) is 13.1. The van der Waals surface area contributed by atoms with Crippen molar-refractivity contribution in [2.75, 3.05) is 0 Å². The normalized spacial score (nSPS) is 32.6. The van der Waals surface area contributed by atoms with Crippen LogP contribution in [0.5, 0.6) is 0 Å². The molecule has 0 bridgehead atoms. The van der Waals surface area contributed by atoms with E-state index in [2.05, 4.69) is 65.8 Å². The second-order valence-electron chi connectivity index (χ2n) is 12.7. The molecule has 2 aliphatic rings. The van der Waals surface area contributed by atoms with Crippen molar-refractivity contribution in [3.63, 3.8) is 0 Å². The SMILES string of the molecule is CCC1O[C@@H](C[C@@H]2CCCC(CC(=O)c3ccc(C)cc3)C2C)[C@@H](O)C(CC(C)c2ccc(C)cc2)[C@H]1C. The van der Waals surface area contributed by atoms with Gasteiger partial charge in [0.2, 0.25) is 0 Å². The highest BCUT2D eigenvalue weighted by atomic mass is 16.5. The van der Waals surface area contributed by atoms with E-state index in [9.17, 15) is 9.90 Å². The van der Waals surface area contributed by atoms with E-state index in [1.807, 2.05) is 24.3 Å². The van der Waals surface area contributed by atoms with E-state index in [4.69, 9.17) is 4.74 Å². The number of Topliss-reactive ketones (excluding diaryl/α,β-unsaturated/α-hetero) is 1. The van der Waals surface area contributed by atoms with Crippen molar-refractivity contribution in [1.82, 2.24) is 0 Å². The minimum Gasteiger partial charge on any atom is -0.390 e. The molecular weight excluding hydrogens is 468 g/mol. The van der Waals surface area contributed by atoms with Gasteiger partial charge >= 0.3 is 0 Å². The molecule has 208 valence electrons. The highest BCUT2D eigenvalue weighted by molar-refractivity contribution is 5.96. The van der Waals surface area contributed by atoms with Crippen molar-refractivity contribution >= 4 is 5.78 Å². The minimum atomic E-state index is -0.442. The van der Waals surface area contributed by atoms with Gasteiger partial charge in [0.15, 0.2) is 5.78 Å². The summed E-state index contributed by atoms with van der Waals surface area (Å²) in [6.45, 7) is 13.3. The molecule has 0 radical (unpaired) electrons. The van der Waals surface area contributed by atoms with Crippen LogP contribution in [0, 0.1) is 43.4 Å². The van der Waals surface area contributed by atoms with Crippen LogP contribution in [0.3, 0.4) is 0 Å². The number of hydrogen-bond acceptors (Lipinski definition) is 3. The van der Waals surface area contributed by atoms with E-state index in [1.165, 1.54) is 23.1 Å². The first-order chi connectivity index (χ1) is 18.2. The first-order valence-corrected chi connectivity index (χ1v) is 15.2. The van der Waals surface area contributed by atoms with E-state index >= 15 is 0 Å². The predicted molar refractivity (Wildman–Crippen MR) is 157 cm³/mol. The van der Waals surface area contributed by atoms with Crippen LogP contribution in [0.1, 0.15) is 106 Å². The van der Waals surface area contributed by atoms with Crippen LogP contribution in [-0.4, -0.2) is 29.2 Å². The fraction of sp³-hybridized carbons (Fsp3) is 0.629. The van der Waals surface area contributed by atoms with Gasteiger partial charge in [-0.3, -0.25) is 4.79 Å². The molecule has 3 nitrogen and oxygen atoms in total. The van der Waals surface area contributed by atoms with Gasteiger partial charge in [-0.2, -0.15) is 0 Å². The Kier molecular flexibility index (Phi) is 9.87. The molecule has 1 saturated heterocycles. The molecule has 9 atom stereocenters. The Morgan fingerprint density at radius 3 is 2.16 bits per heavy atom. The third-order valence-electron chi connectivity index (χ3n) is 10.1. The lowest BCUT2D eigenvalue weighted by atomic mass is 9.67. The van der Waals surface area contributed by atoms with Gasteiger partial charge < -0.3 is 9.84 Å². The molecule has 3 heteroatoms. The van der Waals surface area contributed by atoms with Crippen molar-refractivity contribution in [3.05, 3.63) is 70.8 Å². The quantitative estimate of drug-likeness (QED) is 0.340. The number of aliphatic hydroxyl groups is 1. The molecule has 38 heavy (non-hydrogen) atoms. The first-order valence-electron chi connectivity index (χ1n) is 15.2. The van der Waals surface area contributed by atoms with E-state index in [1.54, 1.807) is 0 Å². The van der Waals surface area contributed by atoms with Gasteiger partial charge in [-0.05, 0) is 80.6 Å². The zero-order valence-electron chi connectivity index (χ0n) is 24.5. The molecule has 2 aromatic carbocycles. The maximum atomic E-state index is 13.1. The van der Waals surface area contributed by atoms with Crippen LogP contribution in [0.25, 0.3) is 0 Å². The Morgan fingerprint density at radius 2 is 1.53 bits per heavy atom. The second-order valence-corrected chi connectivity index (χ2v) is 12.7. The molecule has 1 saturated carbocycles. The van der Waals surface area contributed by atoms with Gasteiger partial charge in [0.25, 0.3) is 0 Å². The second kappa shape index (κ2) is 12.9. The van der Waals surface area contributed by atoms with E-state index in [-0.39, 0.29) is 23.9 Å². The molecule has 1 aliphatic heterocycles. The van der Waals surface area contributed by atoms with Crippen molar-refractivity contribution in [1.29, 1.82) is 0 Å². The number of ketones is 1. The summed E-state index contributed by atoms with van der Waals surface area (Å²) < 4.78 is 6.62. The number of benzene rings is 2. The minimum absolute atomic E-state index is 0.120. The number of aliphatic hydroxyl groups excluding tert-OH is 1. The fourth-order valence-corrected chi connectivity index (χ4v) is 7.31. The molecule has 1 heterocycles. The van der Waals surface area contributed by atoms with Crippen molar-refractivity contribution in [3.8, 4) is 0 Å². The predicted octanol–water partition coefficient (Wildman–Crippen LogP) is 8.30. The number of carbonyl (C=O) groups is 1. The topological polar surface area (TPSA) is 46.5 Å². The summed E-state index contributed by atoms with van der Waals surface area (Å²) in [5, 5.41) is 11.7. The standard InChI is InChI=1S/C35H50O3/c1-7-33-26(6)31(19-24(4)27-15-11-22(2)12-16-27)35(37)34(38-33)21-30-10-8-9-29(25(30)5)20-32(36)28-17-13-23(3)14-18-28/h11-18,24-26,29-31,33-35,37H,7-10,19-21H2,1-6H3/t24?,25?,26-,29?,30+,31?,33?,34+,35+/m1/s1. The highest BCUT2D eigenvalue weighted by Gasteiger charge is 2.44. The lowest BCUT2D eigenvalue weighted by Gasteiger charge is -2.47. The van der Waals surface area contributed by atoms with Crippen LogP contribution in [0.2, 0.25) is 0 Å². The fourth-order valence-electron chi connectivity index (χ4n) is 7.31. The van der Waals surface area contributed by atoms with Gasteiger partial charge in [0.1, 0.15) is 0 Å². The molecule has 4 rings (SSSR count). The van der Waals surface area contributed by atoms with Crippen LogP contribution in [0.15, 0.2) is 48.5 Å². The summed E-state index contributed by atoms with van der Waals surface area (Å²) in [6.07, 6.45) is 6.56. The Labute approximate surface area is 231 Å². The van der Waals surface area contributed by atoms with Crippen LogP contribution in [-0.2, 0) is 4.74 Å². The smallest absolute Gasteiger partial charge is 0.163 e. The molecule has 2 aromatic rings. The average molecular weight is 519 g/mol. The summed E-state index contributed by atoms with van der Waals surface area (Å²) >= 11 is 0. The van der Waals surface area contributed by atoms with Crippen molar-refractivity contribution < 1.29 is 14.6 Å². The zero-order valence-corrected chi connectivity index (χ0v) is 24.5. The molecule has 5 unspecified atom stereocenters. The molecule has 0 aromatic heterocycles. The van der Waals surface area contributed by atoms with Crippen molar-refractivity contribution in [2.45, 2.75) is 111 Å². The molecule has 0 amide bonds. The highest BCUT2D eigenvalue weighted by Crippen LogP contribution is 2.44. The monoisotopic (exact) mass is 518 g/mol. The van der Waals surface area contributed by atoms with Gasteiger partial charge in [0.05, 0.1) is 18.3 Å². The maximum absolute atomic E-state index is 13.1. The number of carbonyl (C=O) groups excluding carboxylic acids is 1. The number of ether oxygens (including phenoxy) is 1. The van der Waals surface area contributed by atoms with Crippen LogP contribution in [0.4, 0.5) is 0 Å². The largest absolute Gasteiger partial charge is 0.390 e. The third kappa shape index (κ3) is 6.77. The zero-order chi connectivity index (χ0) is 27.4. The summed E-state index contributed by atoms with van der Waals surface area (Å²) in [6, 6.07) is 16.9. The molecule has 1 aliphatic carbocycles. The van der Waals surface area contributed by atoms with Gasteiger partial charge in [0, 0.05) is 12.0 Å². The van der Waals surface area contributed by atoms with Gasteiger partial charge in [-0.25, -0.2) is 0 Å². The van der Waals surface area contributed by atoms with Gasteiger partial charge in [-0.15, -0.1) is 0 Å². The van der Waals surface area contributed by atoms with Crippen molar-refractivity contribution in [2.24, 2.45) is 29.6 Å². The summed E-state index contributed by atoms with van der Waals surface area (Å²) in [7, 11) is 0. The number of aryl methyl sites for hydroxylation is 2. The van der Waals surface area contributed by atoms with Gasteiger partial charge in [-0.1, -0.05) is 100 Å². The Balaban J connectivity index is 1.42. The molecule has 2 fully saturated rings. The third-order valence-corrected chi connectivity index (χ3v) is 10.1. The summed E-state index contributed by atoms with van der Waals surface area (Å²) in [5.74, 6) is 2.58. The summed E-state index contributed by atoms with van der Waals surface area (Å²) in [5.41, 5.74) is 4.66. The lowest BCUT2D eigenvalue weighted by Crippen LogP contribution is -2.51. The number of hydrogen-bond donors (Lipinski definition) is 1. The maximum Gasteiger partial charge on any atom is 0.163 e. The van der Waals surface area contributed by atoms with E-state index in [0.29, 0.717) is 36.0 Å². The first kappa shape index (κ1) is 29.0. The Bertz CT molecular complexity index is 1030. The van der Waals surface area contributed by atoms with Crippen LogP contribution < -0.4 is 0 Å². The van der Waals surface area contributed by atoms with Crippen LogP contribution >= 0.6 is 0 Å². The van der Waals surface area contributed by atoms with E-state index in [0.717, 1.165) is 37.7 Å². The Morgan fingerprint density at radius 1 is 0.921 bits per heavy atom. The molecular formula is C35H50O3. The lowest BCUT2D eigenvalue weighted by molar-refractivity contribution is -0.183. The molecule has 1 N–H and O–H groups in total. The number of rotatable bonds is 9. The van der Waals surface area contributed by atoms with E-state index < -0.39 is 6.10 Å². The Hall–Kier alpha value is -1.97. The average Bonchev–Trinajstić information content (AvgIpc) is 2.91.